The lowest BCUT2D eigenvalue weighted by Gasteiger charge is -2.22. The minimum Gasteiger partial charge on any atom is -0.380 e. The molecule has 3 aromatic rings. The van der Waals surface area contributed by atoms with Crippen molar-refractivity contribution in [3.05, 3.63) is 57.3 Å². The van der Waals surface area contributed by atoms with Crippen LogP contribution in [0.25, 0.3) is 0 Å². The summed E-state index contributed by atoms with van der Waals surface area (Å²) in [5, 5.41) is 3.38. The van der Waals surface area contributed by atoms with Gasteiger partial charge < -0.3 is 10.2 Å². The molecule has 0 radical (unpaired) electrons. The number of halogens is 1. The second-order valence-corrected chi connectivity index (χ2v) is 7.37. The van der Waals surface area contributed by atoms with Crippen LogP contribution in [0.2, 0.25) is 4.47 Å². The van der Waals surface area contributed by atoms with Gasteiger partial charge in [0.15, 0.2) is 4.47 Å². The van der Waals surface area contributed by atoms with Crippen molar-refractivity contribution in [1.82, 2.24) is 15.0 Å². The first-order chi connectivity index (χ1) is 12.0. The summed E-state index contributed by atoms with van der Waals surface area (Å²) < 4.78 is 0.569. The zero-order chi connectivity index (χ0) is 17.8. The Bertz CT molecular complexity index is 827. The molecule has 0 atom stereocenters. The highest BCUT2D eigenvalue weighted by Gasteiger charge is 2.11. The van der Waals surface area contributed by atoms with Crippen molar-refractivity contribution in [2.75, 3.05) is 16.8 Å². The SMILES string of the molecule is CCN(c1ccc(NCc2cnc(Cl)s2)cc1)c1nc(C)cc(C)n1. The van der Waals surface area contributed by atoms with E-state index in [2.05, 4.69) is 56.4 Å². The van der Waals surface area contributed by atoms with Gasteiger partial charge >= 0.3 is 0 Å². The quantitative estimate of drug-likeness (QED) is 0.660. The van der Waals surface area contributed by atoms with Gasteiger partial charge in [0.25, 0.3) is 0 Å². The van der Waals surface area contributed by atoms with Crippen LogP contribution in [0.15, 0.2) is 36.5 Å². The molecule has 2 aromatic heterocycles. The Labute approximate surface area is 156 Å². The summed E-state index contributed by atoms with van der Waals surface area (Å²) in [5.41, 5.74) is 4.06. The highest BCUT2D eigenvalue weighted by atomic mass is 35.5. The molecule has 1 N–H and O–H groups in total. The summed E-state index contributed by atoms with van der Waals surface area (Å²) in [6, 6.07) is 10.3. The third-order valence-corrected chi connectivity index (χ3v) is 4.81. The Hall–Kier alpha value is -2.18. The van der Waals surface area contributed by atoms with Gasteiger partial charge in [0.1, 0.15) is 0 Å². The fourth-order valence-electron chi connectivity index (χ4n) is 2.58. The lowest BCUT2D eigenvalue weighted by Crippen LogP contribution is -2.19. The predicted octanol–water partition coefficient (Wildman–Crippen LogP) is 4.97. The first-order valence-electron chi connectivity index (χ1n) is 8.09. The first-order valence-corrected chi connectivity index (χ1v) is 9.28. The normalized spacial score (nSPS) is 10.7. The number of aromatic nitrogens is 3. The van der Waals surface area contributed by atoms with E-state index in [1.807, 2.05) is 19.9 Å². The van der Waals surface area contributed by atoms with E-state index in [0.717, 1.165) is 40.1 Å². The van der Waals surface area contributed by atoms with Crippen molar-refractivity contribution in [3.8, 4) is 0 Å². The Morgan fingerprint density at radius 2 is 1.80 bits per heavy atom. The number of anilines is 3. The maximum atomic E-state index is 5.86. The van der Waals surface area contributed by atoms with Crippen LogP contribution >= 0.6 is 22.9 Å². The fraction of sp³-hybridized carbons (Fsp3) is 0.278. The van der Waals surface area contributed by atoms with E-state index in [4.69, 9.17) is 11.6 Å². The topological polar surface area (TPSA) is 53.9 Å². The highest BCUT2D eigenvalue weighted by Crippen LogP contribution is 2.25. The van der Waals surface area contributed by atoms with Crippen molar-refractivity contribution in [2.45, 2.75) is 27.3 Å². The molecule has 3 rings (SSSR count). The molecular weight excluding hydrogens is 354 g/mol. The smallest absolute Gasteiger partial charge is 0.230 e. The molecule has 1 aromatic carbocycles. The molecule has 0 saturated heterocycles. The van der Waals surface area contributed by atoms with Gasteiger partial charge in [-0.3, -0.25) is 0 Å². The number of thiazole rings is 1. The van der Waals surface area contributed by atoms with Crippen LogP contribution in [-0.4, -0.2) is 21.5 Å². The first kappa shape index (κ1) is 17.6. The van der Waals surface area contributed by atoms with E-state index in [1.165, 1.54) is 11.3 Å². The summed E-state index contributed by atoms with van der Waals surface area (Å²) in [7, 11) is 0. The largest absolute Gasteiger partial charge is 0.380 e. The van der Waals surface area contributed by atoms with E-state index >= 15 is 0 Å². The van der Waals surface area contributed by atoms with Gasteiger partial charge in [-0.1, -0.05) is 11.6 Å². The highest BCUT2D eigenvalue weighted by molar-refractivity contribution is 7.15. The van der Waals surface area contributed by atoms with Crippen LogP contribution in [0.5, 0.6) is 0 Å². The van der Waals surface area contributed by atoms with E-state index in [1.54, 1.807) is 6.20 Å². The standard InChI is InChI=1S/C18H20ClN5S/c1-4-24(18-22-12(2)9-13(3)23-18)15-7-5-14(6-8-15)20-10-16-11-21-17(19)25-16/h5-9,11,20H,4,10H2,1-3H3. The molecule has 130 valence electrons. The summed E-state index contributed by atoms with van der Waals surface area (Å²) >= 11 is 7.34. The second-order valence-electron chi connectivity index (χ2n) is 5.67. The summed E-state index contributed by atoms with van der Waals surface area (Å²) in [6.07, 6.45) is 1.80. The second kappa shape index (κ2) is 7.80. The lowest BCUT2D eigenvalue weighted by molar-refractivity contribution is 0.920. The molecule has 0 aliphatic heterocycles. The molecule has 0 saturated carbocycles. The van der Waals surface area contributed by atoms with Crippen LogP contribution in [0.1, 0.15) is 23.2 Å². The molecule has 0 amide bonds. The average Bonchev–Trinajstić information content (AvgIpc) is 2.99. The third kappa shape index (κ3) is 4.46. The van der Waals surface area contributed by atoms with E-state index in [9.17, 15) is 0 Å². The molecule has 5 nitrogen and oxygen atoms in total. The molecule has 25 heavy (non-hydrogen) atoms. The predicted molar refractivity (Wildman–Crippen MR) is 105 cm³/mol. The molecular formula is C18H20ClN5S. The minimum absolute atomic E-state index is 0.569. The Morgan fingerprint density at radius 3 is 2.36 bits per heavy atom. The molecule has 0 aliphatic rings. The van der Waals surface area contributed by atoms with Crippen molar-refractivity contribution >= 4 is 40.3 Å². The van der Waals surface area contributed by atoms with Gasteiger partial charge in [0.2, 0.25) is 5.95 Å². The fourth-order valence-corrected chi connectivity index (χ4v) is 3.50. The number of hydrogen-bond acceptors (Lipinski definition) is 6. The van der Waals surface area contributed by atoms with Crippen LogP contribution in [-0.2, 0) is 6.54 Å². The van der Waals surface area contributed by atoms with Gasteiger partial charge in [-0.05, 0) is 51.1 Å². The van der Waals surface area contributed by atoms with Crippen molar-refractivity contribution in [3.63, 3.8) is 0 Å². The van der Waals surface area contributed by atoms with Crippen molar-refractivity contribution < 1.29 is 0 Å². The van der Waals surface area contributed by atoms with Crippen LogP contribution < -0.4 is 10.2 Å². The van der Waals surface area contributed by atoms with Crippen molar-refractivity contribution in [2.24, 2.45) is 0 Å². The van der Waals surface area contributed by atoms with Gasteiger partial charge in [-0.2, -0.15) is 0 Å². The monoisotopic (exact) mass is 373 g/mol. The number of nitrogens with zero attached hydrogens (tertiary/aromatic N) is 4. The molecule has 0 fully saturated rings. The van der Waals surface area contributed by atoms with E-state index in [0.29, 0.717) is 11.0 Å². The number of hydrogen-bond donors (Lipinski definition) is 1. The minimum atomic E-state index is 0.569. The summed E-state index contributed by atoms with van der Waals surface area (Å²) in [5.74, 6) is 0.736. The zero-order valence-corrected chi connectivity index (χ0v) is 16.0. The van der Waals surface area contributed by atoms with Gasteiger partial charge in [0, 0.05) is 40.4 Å². The zero-order valence-electron chi connectivity index (χ0n) is 14.5. The van der Waals surface area contributed by atoms with Crippen LogP contribution in [0.4, 0.5) is 17.3 Å². The van der Waals surface area contributed by atoms with Gasteiger partial charge in [-0.25, -0.2) is 15.0 Å². The number of benzene rings is 1. The third-order valence-electron chi connectivity index (χ3n) is 3.70. The Balaban J connectivity index is 1.73. The van der Waals surface area contributed by atoms with E-state index in [-0.39, 0.29) is 0 Å². The average molecular weight is 374 g/mol. The summed E-state index contributed by atoms with van der Waals surface area (Å²) in [6.45, 7) is 7.59. The lowest BCUT2D eigenvalue weighted by atomic mass is 10.2. The maximum absolute atomic E-state index is 5.86. The van der Waals surface area contributed by atoms with Gasteiger partial charge in [0.05, 0.1) is 6.54 Å². The molecule has 0 spiro atoms. The molecule has 0 aliphatic carbocycles. The molecule has 0 unspecified atom stereocenters. The Kier molecular flexibility index (Phi) is 5.50. The molecule has 2 heterocycles. The number of aryl methyl sites for hydroxylation is 2. The maximum Gasteiger partial charge on any atom is 0.230 e. The summed E-state index contributed by atoms with van der Waals surface area (Å²) in [4.78, 5) is 16.4. The van der Waals surface area contributed by atoms with E-state index < -0.39 is 0 Å². The van der Waals surface area contributed by atoms with Crippen LogP contribution in [0, 0.1) is 13.8 Å². The Morgan fingerprint density at radius 1 is 1.12 bits per heavy atom. The molecule has 7 heteroatoms. The number of nitrogens with one attached hydrogen (secondary N) is 1. The molecule has 0 bridgehead atoms. The van der Waals surface area contributed by atoms with Crippen molar-refractivity contribution in [1.29, 1.82) is 0 Å². The number of rotatable bonds is 6. The van der Waals surface area contributed by atoms with Crippen LogP contribution in [0.3, 0.4) is 0 Å². The van der Waals surface area contributed by atoms with Gasteiger partial charge in [-0.15, -0.1) is 11.3 Å².